The summed E-state index contributed by atoms with van der Waals surface area (Å²) in [6.07, 6.45) is 0. The molecule has 3 heterocycles. The van der Waals surface area contributed by atoms with Crippen molar-refractivity contribution < 1.29 is 0 Å². The minimum atomic E-state index is 0.634. The molecule has 0 atom stereocenters. The first-order chi connectivity index (χ1) is 25.8. The summed E-state index contributed by atoms with van der Waals surface area (Å²) in [5.74, 6) is 1.94. The summed E-state index contributed by atoms with van der Waals surface area (Å²) >= 11 is 1.79. The summed E-state index contributed by atoms with van der Waals surface area (Å²) < 4.78 is 4.82. The molecule has 3 aromatic heterocycles. The SMILES string of the molecule is c1ccc(-c2nc(-c3cc4ccccc4cc3-n3c4ccccc4c4cc5ccccc5cc43)nc(-c3cccc4c3sc3ccccc34)n2)cc1. The third-order valence-corrected chi connectivity index (χ3v) is 11.4. The summed E-state index contributed by atoms with van der Waals surface area (Å²) in [6.45, 7) is 0. The number of hydrogen-bond donors (Lipinski definition) is 0. The van der Waals surface area contributed by atoms with Crippen LogP contribution in [0.3, 0.4) is 0 Å². The molecule has 11 rings (SSSR count). The lowest BCUT2D eigenvalue weighted by Crippen LogP contribution is -2.04. The smallest absolute Gasteiger partial charge is 0.166 e. The first kappa shape index (κ1) is 29.1. The van der Waals surface area contributed by atoms with E-state index in [4.69, 9.17) is 15.0 Å². The highest BCUT2D eigenvalue weighted by molar-refractivity contribution is 7.26. The van der Waals surface area contributed by atoms with Crippen molar-refractivity contribution in [2.24, 2.45) is 0 Å². The lowest BCUT2D eigenvalue weighted by molar-refractivity contribution is 1.07. The number of benzene rings is 8. The number of para-hydroxylation sites is 1. The molecule has 242 valence electrons. The Morgan fingerprint density at radius 3 is 1.79 bits per heavy atom. The highest BCUT2D eigenvalue weighted by Crippen LogP contribution is 2.42. The predicted octanol–water partition coefficient (Wildman–Crippen LogP) is 12.6. The van der Waals surface area contributed by atoms with Crippen molar-refractivity contribution in [1.82, 2.24) is 19.5 Å². The maximum absolute atomic E-state index is 5.38. The Morgan fingerprint density at radius 2 is 0.981 bits per heavy atom. The van der Waals surface area contributed by atoms with Gasteiger partial charge in [-0.2, -0.15) is 0 Å². The van der Waals surface area contributed by atoms with Crippen LogP contribution in [0.1, 0.15) is 0 Å². The number of hydrogen-bond acceptors (Lipinski definition) is 4. The standard InChI is InChI=1S/C47H28N4S/c1-2-13-29(14-3-1)45-48-46(37-22-12-21-36-35-20-9-11-24-43(35)52-44(36)37)50-47(49-45)39-26-31-16-5-7-18-33(31)28-42(39)51-40-23-10-8-19-34(40)38-25-30-15-4-6-17-32(30)27-41(38)51/h1-28H. The van der Waals surface area contributed by atoms with Crippen molar-refractivity contribution in [2.45, 2.75) is 0 Å². The van der Waals surface area contributed by atoms with Gasteiger partial charge in [0.25, 0.3) is 0 Å². The zero-order chi connectivity index (χ0) is 34.2. The molecule has 0 amide bonds. The molecule has 52 heavy (non-hydrogen) atoms. The minimum absolute atomic E-state index is 0.634. The largest absolute Gasteiger partial charge is 0.308 e. The second-order valence-corrected chi connectivity index (χ2v) is 14.3. The number of nitrogens with zero attached hydrogens (tertiary/aromatic N) is 4. The first-order valence-corrected chi connectivity index (χ1v) is 18.3. The maximum atomic E-state index is 5.38. The zero-order valence-corrected chi connectivity index (χ0v) is 28.7. The Labute approximate surface area is 302 Å². The first-order valence-electron chi connectivity index (χ1n) is 17.4. The van der Waals surface area contributed by atoms with E-state index < -0.39 is 0 Å². The van der Waals surface area contributed by atoms with Crippen LogP contribution in [0.4, 0.5) is 0 Å². The fourth-order valence-corrected chi connectivity index (χ4v) is 8.98. The molecular formula is C47H28N4S. The van der Waals surface area contributed by atoms with Crippen LogP contribution in [-0.2, 0) is 0 Å². The van der Waals surface area contributed by atoms with Gasteiger partial charge in [-0.15, -0.1) is 11.3 Å². The van der Waals surface area contributed by atoms with Gasteiger partial charge in [0.2, 0.25) is 0 Å². The Bertz CT molecular complexity index is 3190. The van der Waals surface area contributed by atoms with Crippen LogP contribution in [-0.4, -0.2) is 19.5 Å². The maximum Gasteiger partial charge on any atom is 0.166 e. The Hall–Kier alpha value is -6.69. The van der Waals surface area contributed by atoms with Gasteiger partial charge >= 0.3 is 0 Å². The zero-order valence-electron chi connectivity index (χ0n) is 27.9. The van der Waals surface area contributed by atoms with E-state index in [2.05, 4.69) is 156 Å². The predicted molar refractivity (Wildman–Crippen MR) is 218 cm³/mol. The van der Waals surface area contributed by atoms with E-state index in [9.17, 15) is 0 Å². The molecule has 0 N–H and O–H groups in total. The molecule has 0 aliphatic rings. The molecule has 0 saturated carbocycles. The van der Waals surface area contributed by atoms with Gasteiger partial charge in [-0.05, 0) is 64.0 Å². The molecule has 0 bridgehead atoms. The van der Waals surface area contributed by atoms with Crippen LogP contribution >= 0.6 is 11.3 Å². The van der Waals surface area contributed by atoms with E-state index in [1.54, 1.807) is 11.3 Å². The molecule has 8 aromatic carbocycles. The van der Waals surface area contributed by atoms with Gasteiger partial charge in [0, 0.05) is 47.6 Å². The lowest BCUT2D eigenvalue weighted by atomic mass is 10.0. The van der Waals surface area contributed by atoms with E-state index in [0.29, 0.717) is 17.5 Å². The number of aromatic nitrogens is 4. The van der Waals surface area contributed by atoms with E-state index in [1.165, 1.54) is 41.7 Å². The third kappa shape index (κ3) is 4.50. The second-order valence-electron chi connectivity index (χ2n) is 13.2. The molecule has 4 nitrogen and oxygen atoms in total. The molecule has 0 radical (unpaired) electrons. The summed E-state index contributed by atoms with van der Waals surface area (Å²) in [5, 5.41) is 9.59. The van der Waals surface area contributed by atoms with E-state index in [1.807, 2.05) is 18.2 Å². The van der Waals surface area contributed by atoms with Crippen molar-refractivity contribution in [3.8, 4) is 39.9 Å². The van der Waals surface area contributed by atoms with Crippen molar-refractivity contribution in [1.29, 1.82) is 0 Å². The van der Waals surface area contributed by atoms with E-state index >= 15 is 0 Å². The van der Waals surface area contributed by atoms with Gasteiger partial charge in [0.15, 0.2) is 17.5 Å². The van der Waals surface area contributed by atoms with Gasteiger partial charge in [0.05, 0.1) is 16.7 Å². The highest BCUT2D eigenvalue weighted by Gasteiger charge is 2.22. The Morgan fingerprint density at radius 1 is 0.385 bits per heavy atom. The van der Waals surface area contributed by atoms with Crippen molar-refractivity contribution in [3.63, 3.8) is 0 Å². The average Bonchev–Trinajstić information content (AvgIpc) is 3.75. The van der Waals surface area contributed by atoms with E-state index in [-0.39, 0.29) is 0 Å². The monoisotopic (exact) mass is 680 g/mol. The lowest BCUT2D eigenvalue weighted by Gasteiger charge is -2.16. The van der Waals surface area contributed by atoms with Crippen LogP contribution in [0.5, 0.6) is 0 Å². The van der Waals surface area contributed by atoms with Gasteiger partial charge in [-0.25, -0.2) is 15.0 Å². The van der Waals surface area contributed by atoms with Gasteiger partial charge < -0.3 is 4.57 Å². The fraction of sp³-hybridized carbons (Fsp3) is 0. The summed E-state index contributed by atoms with van der Waals surface area (Å²) in [7, 11) is 0. The van der Waals surface area contributed by atoms with Crippen molar-refractivity contribution in [3.05, 3.63) is 170 Å². The van der Waals surface area contributed by atoms with Crippen LogP contribution in [0, 0.1) is 0 Å². The van der Waals surface area contributed by atoms with Crippen LogP contribution in [0.15, 0.2) is 170 Å². The van der Waals surface area contributed by atoms with Gasteiger partial charge in [0.1, 0.15) is 0 Å². The molecule has 0 unspecified atom stereocenters. The van der Waals surface area contributed by atoms with Crippen molar-refractivity contribution >= 4 is 74.9 Å². The van der Waals surface area contributed by atoms with Crippen LogP contribution in [0.25, 0.3) is 103 Å². The summed E-state index contributed by atoms with van der Waals surface area (Å²) in [4.78, 5) is 15.8. The summed E-state index contributed by atoms with van der Waals surface area (Å²) in [5.41, 5.74) is 6.20. The topological polar surface area (TPSA) is 43.6 Å². The summed E-state index contributed by atoms with van der Waals surface area (Å²) in [6, 6.07) is 60.3. The number of rotatable bonds is 4. The quantitative estimate of drug-likeness (QED) is 0.186. The Kier molecular flexibility index (Phi) is 6.39. The Balaban J connectivity index is 1.25. The fourth-order valence-electron chi connectivity index (χ4n) is 7.76. The molecule has 11 aromatic rings. The molecule has 0 spiro atoms. The van der Waals surface area contributed by atoms with E-state index in [0.717, 1.165) is 44.2 Å². The molecule has 0 aliphatic heterocycles. The molecular weight excluding hydrogens is 653 g/mol. The van der Waals surface area contributed by atoms with Crippen molar-refractivity contribution in [2.75, 3.05) is 0 Å². The molecule has 0 aliphatic carbocycles. The molecule has 0 saturated heterocycles. The van der Waals surface area contributed by atoms with Gasteiger partial charge in [-0.3, -0.25) is 0 Å². The second kappa shape index (κ2) is 11.4. The number of thiophene rings is 1. The van der Waals surface area contributed by atoms with Crippen LogP contribution in [0.2, 0.25) is 0 Å². The minimum Gasteiger partial charge on any atom is -0.308 e. The molecule has 0 fully saturated rings. The highest BCUT2D eigenvalue weighted by atomic mass is 32.1. The normalized spacial score (nSPS) is 11.8. The van der Waals surface area contributed by atoms with Gasteiger partial charge in [-0.1, -0.05) is 127 Å². The number of fused-ring (bicyclic) bond motifs is 8. The molecule has 5 heteroatoms. The third-order valence-electron chi connectivity index (χ3n) is 10.2. The van der Waals surface area contributed by atoms with Crippen LogP contribution < -0.4 is 0 Å². The average molecular weight is 681 g/mol.